The summed E-state index contributed by atoms with van der Waals surface area (Å²) in [6.45, 7) is -0.976. The molecular formula is C7H10F6O3. The van der Waals surface area contributed by atoms with Crippen molar-refractivity contribution in [3.8, 4) is 0 Å². The smallest absolute Gasteiger partial charge is 0.356 e. The number of alkyl halides is 6. The maximum atomic E-state index is 11.9. The zero-order valence-electron chi connectivity index (χ0n) is 8.35. The van der Waals surface area contributed by atoms with Crippen LogP contribution in [0.2, 0.25) is 0 Å². The van der Waals surface area contributed by atoms with Crippen LogP contribution < -0.4 is 0 Å². The van der Waals surface area contributed by atoms with E-state index in [-0.39, 0.29) is 0 Å². The minimum absolute atomic E-state index is 0.976. The average Bonchev–Trinajstić information content (AvgIpc) is 2.08. The molecule has 0 aromatic rings. The van der Waals surface area contributed by atoms with Crippen molar-refractivity contribution in [2.24, 2.45) is 0 Å². The molecule has 0 bridgehead atoms. The van der Waals surface area contributed by atoms with Gasteiger partial charge in [-0.15, -0.1) is 0 Å². The van der Waals surface area contributed by atoms with Gasteiger partial charge in [0.15, 0.2) is 6.29 Å². The van der Waals surface area contributed by atoms with Gasteiger partial charge in [-0.2, -0.15) is 26.3 Å². The van der Waals surface area contributed by atoms with Crippen molar-refractivity contribution in [3.05, 3.63) is 0 Å². The van der Waals surface area contributed by atoms with Gasteiger partial charge in [0.25, 0.3) is 0 Å². The lowest BCUT2D eigenvalue weighted by Crippen LogP contribution is -2.45. The Morgan fingerprint density at radius 2 is 1.25 bits per heavy atom. The van der Waals surface area contributed by atoms with Gasteiger partial charge in [-0.25, -0.2) is 0 Å². The highest BCUT2D eigenvalue weighted by Gasteiger charge is 2.58. The SMILES string of the molecule is COC(COC(C(F)(F)F)C(F)(F)F)OC. The average molecular weight is 256 g/mol. The molecule has 0 aromatic heterocycles. The van der Waals surface area contributed by atoms with E-state index in [0.29, 0.717) is 0 Å². The molecule has 98 valence electrons. The molecule has 16 heavy (non-hydrogen) atoms. The quantitative estimate of drug-likeness (QED) is 0.557. The number of hydrogen-bond donors (Lipinski definition) is 0. The van der Waals surface area contributed by atoms with E-state index in [0.717, 1.165) is 14.2 Å². The second-order valence-electron chi connectivity index (χ2n) is 2.70. The van der Waals surface area contributed by atoms with E-state index in [1.807, 2.05) is 0 Å². The van der Waals surface area contributed by atoms with Crippen molar-refractivity contribution < 1.29 is 40.6 Å². The molecule has 0 spiro atoms. The molecule has 3 nitrogen and oxygen atoms in total. The Hall–Kier alpha value is -0.540. The maximum Gasteiger partial charge on any atom is 0.423 e. The van der Waals surface area contributed by atoms with Crippen LogP contribution in [-0.2, 0) is 14.2 Å². The van der Waals surface area contributed by atoms with Crippen molar-refractivity contribution in [3.63, 3.8) is 0 Å². The van der Waals surface area contributed by atoms with E-state index >= 15 is 0 Å². The second kappa shape index (κ2) is 5.69. The molecule has 0 unspecified atom stereocenters. The number of rotatable bonds is 5. The fourth-order valence-electron chi connectivity index (χ4n) is 0.782. The van der Waals surface area contributed by atoms with Gasteiger partial charge in [0, 0.05) is 14.2 Å². The monoisotopic (exact) mass is 256 g/mol. The Kier molecular flexibility index (Phi) is 5.50. The van der Waals surface area contributed by atoms with E-state index in [4.69, 9.17) is 0 Å². The minimum Gasteiger partial charge on any atom is -0.356 e. The minimum atomic E-state index is -5.52. The first-order valence-electron chi connectivity index (χ1n) is 3.93. The fraction of sp³-hybridized carbons (Fsp3) is 1.00. The number of halogens is 6. The van der Waals surface area contributed by atoms with Crippen molar-refractivity contribution >= 4 is 0 Å². The van der Waals surface area contributed by atoms with Gasteiger partial charge in [0.05, 0.1) is 6.61 Å². The molecule has 0 saturated heterocycles. The molecule has 0 aliphatic carbocycles. The summed E-state index contributed by atoms with van der Waals surface area (Å²) in [6, 6.07) is 0. The highest BCUT2D eigenvalue weighted by atomic mass is 19.4. The summed E-state index contributed by atoms with van der Waals surface area (Å²) >= 11 is 0. The zero-order valence-corrected chi connectivity index (χ0v) is 8.35. The molecule has 0 saturated carbocycles. The molecule has 0 aliphatic heterocycles. The van der Waals surface area contributed by atoms with Crippen molar-refractivity contribution in [2.45, 2.75) is 24.7 Å². The highest BCUT2D eigenvalue weighted by molar-refractivity contribution is 4.76. The summed E-state index contributed by atoms with van der Waals surface area (Å²) in [5.41, 5.74) is 0. The van der Waals surface area contributed by atoms with Gasteiger partial charge >= 0.3 is 12.4 Å². The van der Waals surface area contributed by atoms with Crippen LogP contribution in [0.15, 0.2) is 0 Å². The first-order valence-corrected chi connectivity index (χ1v) is 3.93. The molecular weight excluding hydrogens is 246 g/mol. The fourth-order valence-corrected chi connectivity index (χ4v) is 0.782. The Bertz CT molecular complexity index is 183. The van der Waals surface area contributed by atoms with Crippen molar-refractivity contribution in [1.82, 2.24) is 0 Å². The Morgan fingerprint density at radius 1 is 0.875 bits per heavy atom. The lowest BCUT2D eigenvalue weighted by Gasteiger charge is -2.24. The number of hydrogen-bond acceptors (Lipinski definition) is 3. The second-order valence-corrected chi connectivity index (χ2v) is 2.70. The highest BCUT2D eigenvalue weighted by Crippen LogP contribution is 2.35. The third-order valence-corrected chi connectivity index (χ3v) is 1.52. The van der Waals surface area contributed by atoms with Crippen molar-refractivity contribution in [1.29, 1.82) is 0 Å². The van der Waals surface area contributed by atoms with Crippen LogP contribution in [0.25, 0.3) is 0 Å². The number of methoxy groups -OCH3 is 2. The van der Waals surface area contributed by atoms with Crippen LogP contribution in [0.3, 0.4) is 0 Å². The maximum absolute atomic E-state index is 11.9. The predicted molar refractivity (Wildman–Crippen MR) is 39.7 cm³/mol. The standard InChI is InChI=1S/C7H10F6O3/c1-14-4(15-2)3-16-5(6(8,9)10)7(11,12)13/h4-5H,3H2,1-2H3. The third-order valence-electron chi connectivity index (χ3n) is 1.52. The lowest BCUT2D eigenvalue weighted by atomic mass is 10.3. The molecule has 0 radical (unpaired) electrons. The van der Waals surface area contributed by atoms with Crippen LogP contribution >= 0.6 is 0 Å². The van der Waals surface area contributed by atoms with E-state index in [1.54, 1.807) is 0 Å². The normalized spacial score (nSPS) is 13.9. The summed E-state index contributed by atoms with van der Waals surface area (Å²) in [5.74, 6) is 0. The Balaban J connectivity index is 4.47. The third kappa shape index (κ3) is 4.99. The topological polar surface area (TPSA) is 27.7 Å². The van der Waals surface area contributed by atoms with Crippen LogP contribution in [-0.4, -0.2) is 45.6 Å². The van der Waals surface area contributed by atoms with Crippen molar-refractivity contribution in [2.75, 3.05) is 20.8 Å². The van der Waals surface area contributed by atoms with E-state index < -0.39 is 31.4 Å². The van der Waals surface area contributed by atoms with Crippen LogP contribution in [0.5, 0.6) is 0 Å². The summed E-state index contributed by atoms with van der Waals surface area (Å²) in [4.78, 5) is 0. The van der Waals surface area contributed by atoms with Gasteiger partial charge in [0.2, 0.25) is 6.10 Å². The van der Waals surface area contributed by atoms with Crippen LogP contribution in [0.1, 0.15) is 0 Å². The van der Waals surface area contributed by atoms with E-state index in [1.165, 1.54) is 0 Å². The predicted octanol–water partition coefficient (Wildman–Crippen LogP) is 2.12. The molecule has 0 atom stereocenters. The molecule has 0 aliphatic rings. The molecule has 9 heteroatoms. The van der Waals surface area contributed by atoms with Gasteiger partial charge < -0.3 is 14.2 Å². The molecule has 0 N–H and O–H groups in total. The zero-order chi connectivity index (χ0) is 13.0. The van der Waals surface area contributed by atoms with Gasteiger partial charge in [-0.1, -0.05) is 0 Å². The largest absolute Gasteiger partial charge is 0.423 e. The Labute approximate surface area is 87.3 Å². The molecule has 0 heterocycles. The summed E-state index contributed by atoms with van der Waals surface area (Å²) in [6.07, 6.45) is -16.2. The first-order chi connectivity index (χ1) is 7.12. The summed E-state index contributed by atoms with van der Waals surface area (Å²) in [5, 5.41) is 0. The number of ether oxygens (including phenoxy) is 3. The van der Waals surface area contributed by atoms with Gasteiger partial charge in [0.1, 0.15) is 0 Å². The molecule has 0 rings (SSSR count). The van der Waals surface area contributed by atoms with Crippen LogP contribution in [0.4, 0.5) is 26.3 Å². The Morgan fingerprint density at radius 3 is 1.50 bits per heavy atom. The molecule has 0 fully saturated rings. The lowest BCUT2D eigenvalue weighted by molar-refractivity contribution is -0.330. The molecule has 0 aromatic carbocycles. The van der Waals surface area contributed by atoms with Gasteiger partial charge in [-0.3, -0.25) is 0 Å². The summed E-state index contributed by atoms with van der Waals surface area (Å²) < 4.78 is 84.2. The summed E-state index contributed by atoms with van der Waals surface area (Å²) in [7, 11) is 2.13. The van der Waals surface area contributed by atoms with Crippen LogP contribution in [0, 0.1) is 0 Å². The molecule has 0 amide bonds. The van der Waals surface area contributed by atoms with E-state index in [2.05, 4.69) is 14.2 Å². The first kappa shape index (κ1) is 15.5. The van der Waals surface area contributed by atoms with Gasteiger partial charge in [-0.05, 0) is 0 Å². The van der Waals surface area contributed by atoms with E-state index in [9.17, 15) is 26.3 Å².